The molecule has 7 atom stereocenters. The number of carbonyl (C=O) groups excluding carboxylic acids is 1. The molecule has 3 aromatic carbocycles. The fourth-order valence-electron chi connectivity index (χ4n) is 6.23. The second kappa shape index (κ2) is 15.4. The number of aliphatic hydroxyl groups excluding tert-OH is 3. The molecule has 3 aromatic rings. The molecular weight excluding hydrogens is 633 g/mol. The minimum atomic E-state index is -1.32. The first-order chi connectivity index (χ1) is 22.5. The van der Waals surface area contributed by atoms with E-state index >= 15 is 0 Å². The number of benzene rings is 3. The lowest BCUT2D eigenvalue weighted by Crippen LogP contribution is -2.52. The Morgan fingerprint density at radius 1 is 0.979 bits per heavy atom. The van der Waals surface area contributed by atoms with E-state index in [0.717, 1.165) is 34.7 Å². The molecule has 2 heterocycles. The topological polar surface area (TPSA) is 125 Å². The molecule has 1 amide bonds. The fourth-order valence-corrected chi connectivity index (χ4v) is 6.90. The largest absolute Gasteiger partial charge is 0.489 e. The van der Waals surface area contributed by atoms with E-state index in [4.69, 9.17) is 15.2 Å². The van der Waals surface area contributed by atoms with Crippen molar-refractivity contribution in [1.82, 2.24) is 4.90 Å². The van der Waals surface area contributed by atoms with E-state index < -0.39 is 53.3 Å². The van der Waals surface area contributed by atoms with Gasteiger partial charge in [-0.1, -0.05) is 37.3 Å². The van der Waals surface area contributed by atoms with Crippen LogP contribution in [0.2, 0.25) is 0 Å². The minimum absolute atomic E-state index is 0.0622. The van der Waals surface area contributed by atoms with Gasteiger partial charge < -0.3 is 35.4 Å². The number of halogens is 3. The first kappa shape index (κ1) is 35.2. The summed E-state index contributed by atoms with van der Waals surface area (Å²) < 4.78 is 52.9. The molecule has 2 aliphatic rings. The third-order valence-corrected chi connectivity index (χ3v) is 9.72. The molecule has 12 heteroatoms. The maximum absolute atomic E-state index is 14.0. The van der Waals surface area contributed by atoms with Crippen LogP contribution in [0.25, 0.3) is 0 Å². The molecule has 0 saturated carbocycles. The van der Waals surface area contributed by atoms with E-state index in [1.54, 1.807) is 11.2 Å². The molecular formula is C35H41F3N2O6S. The molecule has 0 aromatic heterocycles. The highest BCUT2D eigenvalue weighted by atomic mass is 32.2. The summed E-state index contributed by atoms with van der Waals surface area (Å²) in [6, 6.07) is 14.1. The van der Waals surface area contributed by atoms with Gasteiger partial charge in [0.05, 0.1) is 6.54 Å². The molecule has 0 unspecified atom stereocenters. The van der Waals surface area contributed by atoms with Crippen molar-refractivity contribution in [2.24, 2.45) is 5.73 Å². The number of carbonyl (C=O) groups is 1. The van der Waals surface area contributed by atoms with Gasteiger partial charge in [-0.15, -0.1) is 11.8 Å². The van der Waals surface area contributed by atoms with Crippen LogP contribution >= 0.6 is 11.8 Å². The van der Waals surface area contributed by atoms with Gasteiger partial charge in [0.15, 0.2) is 11.6 Å². The summed E-state index contributed by atoms with van der Waals surface area (Å²) in [5.41, 5.74) is 9.30. The standard InChI is InChI=1S/C35H41F3N2O6S/c1-3-20-6-7-21(34-32(43)31(42)33(44)35(46-34)47-2)13-22(20)12-19-4-8-25(9-5-19)45-26-10-11-40(18-26)30(41)16-24(39)14-23-15-28(37)29(38)17-27(23)36/h4-9,13,15,17,24,26,31-35,42-44H,3,10-12,14,16,18,39H2,1-2H3/t24-,26+,31+,32+,33-,34-,35+/m0/s1. The van der Waals surface area contributed by atoms with E-state index in [2.05, 4.69) is 6.92 Å². The van der Waals surface area contributed by atoms with Gasteiger partial charge in [0.2, 0.25) is 5.91 Å². The number of aryl methyl sites for hydroxylation is 1. The highest BCUT2D eigenvalue weighted by molar-refractivity contribution is 7.99. The highest BCUT2D eigenvalue weighted by Crippen LogP contribution is 2.37. The predicted molar refractivity (Wildman–Crippen MR) is 172 cm³/mol. The second-order valence-electron chi connectivity index (χ2n) is 12.2. The van der Waals surface area contributed by atoms with Gasteiger partial charge in [-0.3, -0.25) is 4.79 Å². The van der Waals surface area contributed by atoms with E-state index in [1.165, 1.54) is 11.8 Å². The average Bonchev–Trinajstić information content (AvgIpc) is 3.52. The van der Waals surface area contributed by atoms with Crippen molar-refractivity contribution in [3.05, 3.63) is 99.9 Å². The van der Waals surface area contributed by atoms with Crippen LogP contribution in [-0.2, 0) is 28.8 Å². The van der Waals surface area contributed by atoms with Crippen LogP contribution in [-0.4, -0.2) is 81.4 Å². The van der Waals surface area contributed by atoms with Crippen molar-refractivity contribution in [2.75, 3.05) is 19.3 Å². The third-order valence-electron chi connectivity index (χ3n) is 8.87. The lowest BCUT2D eigenvalue weighted by molar-refractivity contribution is -0.200. The summed E-state index contributed by atoms with van der Waals surface area (Å²) in [5.74, 6) is -2.88. The molecule has 47 heavy (non-hydrogen) atoms. The quantitative estimate of drug-likeness (QED) is 0.225. The lowest BCUT2D eigenvalue weighted by Gasteiger charge is -2.40. The van der Waals surface area contributed by atoms with Crippen molar-refractivity contribution in [3.8, 4) is 5.75 Å². The van der Waals surface area contributed by atoms with Gasteiger partial charge in [0, 0.05) is 31.5 Å². The number of aliphatic hydroxyl groups is 3. The number of nitrogens with two attached hydrogens (primary N) is 1. The van der Waals surface area contributed by atoms with Crippen molar-refractivity contribution >= 4 is 17.7 Å². The Morgan fingerprint density at radius 2 is 1.70 bits per heavy atom. The van der Waals surface area contributed by atoms with Crippen LogP contribution < -0.4 is 10.5 Å². The summed E-state index contributed by atoms with van der Waals surface area (Å²) >= 11 is 1.28. The molecule has 2 aliphatic heterocycles. The van der Waals surface area contributed by atoms with E-state index in [9.17, 15) is 33.3 Å². The third kappa shape index (κ3) is 8.30. The smallest absolute Gasteiger partial charge is 0.224 e. The number of likely N-dealkylation sites (tertiary alicyclic amines) is 1. The van der Waals surface area contributed by atoms with Crippen LogP contribution in [0.4, 0.5) is 13.2 Å². The van der Waals surface area contributed by atoms with Crippen molar-refractivity contribution < 1.29 is 42.8 Å². The zero-order chi connectivity index (χ0) is 33.8. The minimum Gasteiger partial charge on any atom is -0.489 e. The SMILES string of the molecule is CCc1ccc([C@@H]2O[C@H](SC)[C@@H](O)[C@H](O)[C@H]2O)cc1Cc1ccc(O[C@@H]2CCN(C(=O)C[C@@H](N)Cc3cc(F)c(F)cc3F)C2)cc1. The molecule has 0 bridgehead atoms. The zero-order valence-electron chi connectivity index (χ0n) is 26.3. The fraction of sp³-hybridized carbons (Fsp3) is 0.457. The lowest BCUT2D eigenvalue weighted by atomic mass is 9.90. The molecule has 2 saturated heterocycles. The molecule has 0 aliphatic carbocycles. The zero-order valence-corrected chi connectivity index (χ0v) is 27.1. The molecule has 5 N–H and O–H groups in total. The number of amides is 1. The van der Waals surface area contributed by atoms with Gasteiger partial charge in [0.25, 0.3) is 0 Å². The molecule has 254 valence electrons. The number of thioether (sulfide) groups is 1. The summed E-state index contributed by atoms with van der Waals surface area (Å²) in [5, 5.41) is 31.3. The van der Waals surface area contributed by atoms with Crippen molar-refractivity contribution in [3.63, 3.8) is 0 Å². The van der Waals surface area contributed by atoms with Gasteiger partial charge in [-0.2, -0.15) is 0 Å². The first-order valence-corrected chi connectivity index (χ1v) is 17.0. The van der Waals surface area contributed by atoms with E-state index in [1.807, 2.05) is 42.5 Å². The van der Waals surface area contributed by atoms with Crippen LogP contribution in [0.3, 0.4) is 0 Å². The molecule has 8 nitrogen and oxygen atoms in total. The Balaban J connectivity index is 1.16. The summed E-state index contributed by atoms with van der Waals surface area (Å²) in [4.78, 5) is 14.5. The maximum atomic E-state index is 14.0. The Morgan fingerprint density at radius 3 is 2.40 bits per heavy atom. The van der Waals surface area contributed by atoms with Gasteiger partial charge in [-0.25, -0.2) is 13.2 Å². The van der Waals surface area contributed by atoms with Crippen molar-refractivity contribution in [2.45, 2.75) is 81.0 Å². The second-order valence-corrected chi connectivity index (χ2v) is 13.2. The Hall–Kier alpha value is -3.13. The summed E-state index contributed by atoms with van der Waals surface area (Å²) in [6.45, 7) is 2.93. The van der Waals surface area contributed by atoms with Crippen LogP contribution in [0.1, 0.15) is 53.7 Å². The number of hydrogen-bond donors (Lipinski definition) is 4. The van der Waals surface area contributed by atoms with E-state index in [0.29, 0.717) is 37.7 Å². The normalized spacial score (nSPS) is 25.2. The maximum Gasteiger partial charge on any atom is 0.224 e. The Kier molecular flexibility index (Phi) is 11.5. The number of nitrogens with zero attached hydrogens (tertiary/aromatic N) is 1. The average molecular weight is 675 g/mol. The monoisotopic (exact) mass is 674 g/mol. The molecule has 2 fully saturated rings. The van der Waals surface area contributed by atoms with Crippen molar-refractivity contribution in [1.29, 1.82) is 0 Å². The Labute approximate surface area is 276 Å². The summed E-state index contributed by atoms with van der Waals surface area (Å²) in [7, 11) is 0. The van der Waals surface area contributed by atoms with Crippen LogP contribution in [0, 0.1) is 17.5 Å². The molecule has 0 radical (unpaired) electrons. The Bertz CT molecular complexity index is 1540. The number of hydrogen-bond acceptors (Lipinski definition) is 8. The number of ether oxygens (including phenoxy) is 2. The van der Waals surface area contributed by atoms with Gasteiger partial charge in [-0.05, 0) is 71.5 Å². The molecule has 5 rings (SSSR count). The molecule has 0 spiro atoms. The van der Waals surface area contributed by atoms with Gasteiger partial charge in [0.1, 0.15) is 47.5 Å². The highest BCUT2D eigenvalue weighted by Gasteiger charge is 2.44. The van der Waals surface area contributed by atoms with E-state index in [-0.39, 0.29) is 30.4 Å². The predicted octanol–water partition coefficient (Wildman–Crippen LogP) is 4.04. The summed E-state index contributed by atoms with van der Waals surface area (Å²) in [6.07, 6.45) is -1.07. The van der Waals surface area contributed by atoms with Crippen LogP contribution in [0.15, 0.2) is 54.6 Å². The van der Waals surface area contributed by atoms with Gasteiger partial charge >= 0.3 is 0 Å². The van der Waals surface area contributed by atoms with Crippen LogP contribution in [0.5, 0.6) is 5.75 Å². The first-order valence-electron chi connectivity index (χ1n) is 15.7. The number of rotatable bonds is 11.